The number of rotatable bonds is 6. The second-order valence-electron chi connectivity index (χ2n) is 5.84. The number of nitrogens with one attached hydrogen (secondary N) is 1. The smallest absolute Gasteiger partial charge is 0.222 e. The molecule has 0 aliphatic carbocycles. The van der Waals surface area contributed by atoms with Crippen LogP contribution in [0.3, 0.4) is 0 Å². The number of likely N-dealkylation sites (N-methyl/N-ethyl adjacent to an activating group) is 1. The summed E-state index contributed by atoms with van der Waals surface area (Å²) in [6.07, 6.45) is 1.54. The van der Waals surface area contributed by atoms with E-state index in [1.165, 1.54) is 6.33 Å². The molecular weight excluding hydrogens is 240 g/mol. The molecule has 0 spiro atoms. The molecule has 0 aliphatic heterocycles. The molecule has 1 N–H and O–H groups in total. The van der Waals surface area contributed by atoms with Crippen LogP contribution in [0.5, 0.6) is 5.88 Å². The van der Waals surface area contributed by atoms with Gasteiger partial charge >= 0.3 is 0 Å². The molecule has 1 heterocycles. The molecule has 0 radical (unpaired) electrons. The van der Waals surface area contributed by atoms with E-state index in [0.29, 0.717) is 18.4 Å². The van der Waals surface area contributed by atoms with Gasteiger partial charge in [-0.1, -0.05) is 13.8 Å². The minimum absolute atomic E-state index is 0.0427. The Hall–Kier alpha value is -1.36. The summed E-state index contributed by atoms with van der Waals surface area (Å²) in [5.41, 5.74) is 0.985. The lowest BCUT2D eigenvalue weighted by Crippen LogP contribution is -2.43. The molecule has 5 heteroatoms. The fraction of sp³-hybridized carbons (Fsp3) is 0.714. The fourth-order valence-corrected chi connectivity index (χ4v) is 1.59. The van der Waals surface area contributed by atoms with Crippen molar-refractivity contribution in [3.05, 3.63) is 11.9 Å². The molecule has 0 saturated heterocycles. The molecule has 5 nitrogen and oxygen atoms in total. The van der Waals surface area contributed by atoms with Crippen LogP contribution in [0.15, 0.2) is 6.33 Å². The minimum Gasteiger partial charge on any atom is -0.475 e. The molecule has 0 aliphatic rings. The van der Waals surface area contributed by atoms with Crippen molar-refractivity contribution in [2.24, 2.45) is 0 Å². The first-order valence-electron chi connectivity index (χ1n) is 6.62. The summed E-state index contributed by atoms with van der Waals surface area (Å²) < 4.78 is 5.93. The Bertz CT molecular complexity index is 416. The number of aromatic nitrogens is 2. The Kier molecular flexibility index (Phi) is 5.11. The molecule has 0 aromatic carbocycles. The number of anilines is 1. The van der Waals surface area contributed by atoms with Crippen molar-refractivity contribution in [2.75, 3.05) is 33.1 Å². The zero-order valence-corrected chi connectivity index (χ0v) is 13.1. The Labute approximate surface area is 116 Å². The normalized spacial score (nSPS) is 12.1. The monoisotopic (exact) mass is 266 g/mol. The zero-order chi connectivity index (χ0) is 14.6. The highest BCUT2D eigenvalue weighted by Crippen LogP contribution is 2.30. The Balaban J connectivity index is 2.96. The lowest BCUT2D eigenvalue weighted by molar-refractivity contribution is 0.110. The Morgan fingerprint density at radius 1 is 1.32 bits per heavy atom. The lowest BCUT2D eigenvalue weighted by atomic mass is 10.0. The number of hydrogen-bond acceptors (Lipinski definition) is 5. The van der Waals surface area contributed by atoms with E-state index in [2.05, 4.69) is 47.9 Å². The van der Waals surface area contributed by atoms with Gasteiger partial charge in [0.15, 0.2) is 0 Å². The highest BCUT2D eigenvalue weighted by atomic mass is 16.5. The van der Waals surface area contributed by atoms with Gasteiger partial charge in [-0.15, -0.1) is 0 Å². The molecule has 0 amide bonds. The van der Waals surface area contributed by atoms with Crippen LogP contribution >= 0.6 is 0 Å². The molecule has 0 fully saturated rings. The lowest BCUT2D eigenvalue weighted by Gasteiger charge is -2.32. The summed E-state index contributed by atoms with van der Waals surface area (Å²) in [5.74, 6) is 1.81. The van der Waals surface area contributed by atoms with Crippen molar-refractivity contribution in [3.63, 3.8) is 0 Å². The Morgan fingerprint density at radius 3 is 2.42 bits per heavy atom. The Morgan fingerprint density at radius 2 is 1.95 bits per heavy atom. The average molecular weight is 266 g/mol. The third-order valence-corrected chi connectivity index (χ3v) is 3.43. The highest BCUT2D eigenvalue weighted by molar-refractivity contribution is 5.50. The molecule has 1 aromatic heterocycles. The molecule has 0 atom stereocenters. The maximum atomic E-state index is 5.93. The number of ether oxygens (including phenoxy) is 1. The predicted octanol–water partition coefficient (Wildman–Crippen LogP) is 2.36. The first-order valence-corrected chi connectivity index (χ1v) is 6.62. The van der Waals surface area contributed by atoms with Gasteiger partial charge in [-0.05, 0) is 33.9 Å². The zero-order valence-electron chi connectivity index (χ0n) is 13.1. The highest BCUT2D eigenvalue weighted by Gasteiger charge is 2.23. The van der Waals surface area contributed by atoms with Crippen LogP contribution in [-0.4, -0.2) is 48.2 Å². The molecule has 1 rings (SSSR count). The summed E-state index contributed by atoms with van der Waals surface area (Å²) in [6.45, 7) is 9.09. The first-order chi connectivity index (χ1) is 8.79. The van der Waals surface area contributed by atoms with Gasteiger partial charge in [0.2, 0.25) is 5.88 Å². The summed E-state index contributed by atoms with van der Waals surface area (Å²) in [4.78, 5) is 10.7. The van der Waals surface area contributed by atoms with Gasteiger partial charge in [0.1, 0.15) is 18.8 Å². The SMILES string of the molecule is CNc1ncnc(OCC(C)(C)N(C)C)c1C(C)C. The van der Waals surface area contributed by atoms with Crippen molar-refractivity contribution in [3.8, 4) is 5.88 Å². The van der Waals surface area contributed by atoms with Gasteiger partial charge in [-0.25, -0.2) is 9.97 Å². The van der Waals surface area contributed by atoms with Crippen LogP contribution in [-0.2, 0) is 0 Å². The average Bonchev–Trinajstić information content (AvgIpc) is 2.35. The molecular formula is C14H26N4O. The largest absolute Gasteiger partial charge is 0.475 e. The van der Waals surface area contributed by atoms with E-state index in [1.54, 1.807) is 0 Å². The first kappa shape index (κ1) is 15.7. The third kappa shape index (κ3) is 3.80. The maximum absolute atomic E-state index is 5.93. The van der Waals surface area contributed by atoms with E-state index in [0.717, 1.165) is 11.4 Å². The maximum Gasteiger partial charge on any atom is 0.222 e. The standard InChI is InChI=1S/C14H26N4O/c1-10(2)11-12(15-5)16-9-17-13(11)19-8-14(3,4)18(6)7/h9-10H,8H2,1-7H3,(H,15,16,17). The second kappa shape index (κ2) is 6.19. The topological polar surface area (TPSA) is 50.3 Å². The van der Waals surface area contributed by atoms with Gasteiger partial charge in [-0.2, -0.15) is 0 Å². The van der Waals surface area contributed by atoms with Crippen molar-refractivity contribution in [1.29, 1.82) is 0 Å². The van der Waals surface area contributed by atoms with Crippen LogP contribution in [0.2, 0.25) is 0 Å². The van der Waals surface area contributed by atoms with Crippen LogP contribution in [0.1, 0.15) is 39.2 Å². The summed E-state index contributed by atoms with van der Waals surface area (Å²) >= 11 is 0. The second-order valence-corrected chi connectivity index (χ2v) is 5.84. The van der Waals surface area contributed by atoms with Crippen molar-refractivity contribution < 1.29 is 4.74 Å². The van der Waals surface area contributed by atoms with E-state index in [-0.39, 0.29) is 5.54 Å². The molecule has 19 heavy (non-hydrogen) atoms. The predicted molar refractivity (Wildman–Crippen MR) is 78.9 cm³/mol. The van der Waals surface area contributed by atoms with E-state index >= 15 is 0 Å². The summed E-state index contributed by atoms with van der Waals surface area (Å²) in [6, 6.07) is 0. The van der Waals surface area contributed by atoms with E-state index < -0.39 is 0 Å². The van der Waals surface area contributed by atoms with Crippen molar-refractivity contribution in [2.45, 2.75) is 39.2 Å². The fourth-order valence-electron chi connectivity index (χ4n) is 1.59. The van der Waals surface area contributed by atoms with Crippen molar-refractivity contribution >= 4 is 5.82 Å². The van der Waals surface area contributed by atoms with Crippen LogP contribution < -0.4 is 10.1 Å². The van der Waals surface area contributed by atoms with E-state index in [4.69, 9.17) is 4.74 Å². The van der Waals surface area contributed by atoms with Gasteiger partial charge < -0.3 is 15.0 Å². The summed E-state index contributed by atoms with van der Waals surface area (Å²) in [7, 11) is 5.96. The molecule has 0 saturated carbocycles. The quantitative estimate of drug-likeness (QED) is 0.856. The number of hydrogen-bond donors (Lipinski definition) is 1. The van der Waals surface area contributed by atoms with E-state index in [9.17, 15) is 0 Å². The van der Waals surface area contributed by atoms with E-state index in [1.807, 2.05) is 21.1 Å². The van der Waals surface area contributed by atoms with Gasteiger partial charge in [-0.3, -0.25) is 0 Å². The van der Waals surface area contributed by atoms with Crippen LogP contribution in [0.25, 0.3) is 0 Å². The third-order valence-electron chi connectivity index (χ3n) is 3.43. The van der Waals surface area contributed by atoms with Crippen molar-refractivity contribution in [1.82, 2.24) is 14.9 Å². The molecule has 1 aromatic rings. The van der Waals surface area contributed by atoms with Gasteiger partial charge in [0, 0.05) is 12.6 Å². The van der Waals surface area contributed by atoms with Crippen LogP contribution in [0, 0.1) is 0 Å². The molecule has 0 unspecified atom stereocenters. The summed E-state index contributed by atoms with van der Waals surface area (Å²) in [5, 5.41) is 3.10. The minimum atomic E-state index is -0.0427. The van der Waals surface area contributed by atoms with Gasteiger partial charge in [0.05, 0.1) is 5.56 Å². The number of nitrogens with zero attached hydrogens (tertiary/aromatic N) is 3. The molecule has 108 valence electrons. The van der Waals surface area contributed by atoms with Crippen LogP contribution in [0.4, 0.5) is 5.82 Å². The van der Waals surface area contributed by atoms with Gasteiger partial charge in [0.25, 0.3) is 0 Å². The molecule has 0 bridgehead atoms.